The number of benzene rings is 6. The molecule has 0 fully saturated rings. The molecule has 1 nitrogen and oxygen atoms in total. The second-order valence-electron chi connectivity index (χ2n) is 10.5. The third kappa shape index (κ3) is 2.57. The minimum absolute atomic E-state index is 0.156. The summed E-state index contributed by atoms with van der Waals surface area (Å²) in [7, 11) is 0. The van der Waals surface area contributed by atoms with Crippen LogP contribution < -0.4 is 10.9 Å². The lowest BCUT2D eigenvalue weighted by Crippen LogP contribution is -2.53. The first-order chi connectivity index (χ1) is 18.9. The fraction of sp³-hybridized carbons (Fsp3) is 0. The molecule has 2 aliphatic rings. The van der Waals surface area contributed by atoms with Crippen LogP contribution in [0, 0.1) is 0 Å². The van der Waals surface area contributed by atoms with Gasteiger partial charge in [0.15, 0.2) is 0 Å². The molecule has 0 unspecified atom stereocenters. The van der Waals surface area contributed by atoms with Crippen LogP contribution in [-0.4, -0.2) is 11.3 Å². The zero-order valence-corrected chi connectivity index (χ0v) is 20.7. The Balaban J connectivity index is 1.34. The molecule has 9 rings (SSSR count). The topological polar surface area (TPSA) is 4.93 Å². The van der Waals surface area contributed by atoms with E-state index in [0.29, 0.717) is 0 Å². The van der Waals surface area contributed by atoms with E-state index >= 15 is 0 Å². The van der Waals surface area contributed by atoms with Crippen molar-refractivity contribution in [2.75, 3.05) is 0 Å². The van der Waals surface area contributed by atoms with Gasteiger partial charge in [-0.25, -0.2) is 0 Å². The lowest BCUT2D eigenvalue weighted by Gasteiger charge is -2.32. The molecule has 38 heavy (non-hydrogen) atoms. The van der Waals surface area contributed by atoms with Crippen LogP contribution in [0.1, 0.15) is 0 Å². The van der Waals surface area contributed by atoms with E-state index in [0.717, 1.165) is 0 Å². The molecule has 174 valence electrons. The smallest absolute Gasteiger partial charge is 0.329 e. The van der Waals surface area contributed by atoms with Gasteiger partial charge in [0.25, 0.3) is 0 Å². The van der Waals surface area contributed by atoms with Gasteiger partial charge in [-0.2, -0.15) is 0 Å². The summed E-state index contributed by atoms with van der Waals surface area (Å²) in [5.74, 6) is 0. The summed E-state index contributed by atoms with van der Waals surface area (Å²) in [6.07, 6.45) is 0. The Hall–Kier alpha value is -4.82. The van der Waals surface area contributed by atoms with Crippen LogP contribution in [0.5, 0.6) is 0 Å². The van der Waals surface area contributed by atoms with E-state index in [-0.39, 0.29) is 6.85 Å². The number of hydrogen-bond donors (Lipinski definition) is 0. The lowest BCUT2D eigenvalue weighted by atomic mass is 9.45. The van der Waals surface area contributed by atoms with Crippen molar-refractivity contribution in [3.05, 3.63) is 133 Å². The Kier molecular flexibility index (Phi) is 3.93. The molecular formula is C36H22BN. The van der Waals surface area contributed by atoms with Crippen LogP contribution in [0.4, 0.5) is 0 Å². The van der Waals surface area contributed by atoms with Crippen LogP contribution in [0.25, 0.3) is 66.3 Å². The van der Waals surface area contributed by atoms with Gasteiger partial charge in [-0.1, -0.05) is 127 Å². The SMILES string of the molecule is c1ccc(-c2cccc(-c3ccc4c(c3)B3c5ccccc5-c5cccc6c7cccc-4c7n3c56)c2)cc1. The number of para-hydroxylation sites is 2. The molecule has 2 aliphatic heterocycles. The van der Waals surface area contributed by atoms with E-state index in [1.807, 2.05) is 0 Å². The van der Waals surface area contributed by atoms with Gasteiger partial charge in [0.1, 0.15) is 0 Å². The molecule has 0 spiro atoms. The van der Waals surface area contributed by atoms with Crippen molar-refractivity contribution in [2.24, 2.45) is 0 Å². The summed E-state index contributed by atoms with van der Waals surface area (Å²) in [6.45, 7) is 0.156. The van der Waals surface area contributed by atoms with Gasteiger partial charge < -0.3 is 4.48 Å². The average molecular weight is 479 g/mol. The lowest BCUT2D eigenvalue weighted by molar-refractivity contribution is 1.31. The van der Waals surface area contributed by atoms with Gasteiger partial charge in [-0.15, -0.1) is 0 Å². The Morgan fingerprint density at radius 3 is 1.68 bits per heavy atom. The van der Waals surface area contributed by atoms with E-state index in [9.17, 15) is 0 Å². The van der Waals surface area contributed by atoms with Crippen molar-refractivity contribution in [1.29, 1.82) is 0 Å². The number of aromatic nitrogens is 1. The van der Waals surface area contributed by atoms with E-state index in [2.05, 4.69) is 138 Å². The van der Waals surface area contributed by atoms with E-state index in [1.54, 1.807) is 0 Å². The van der Waals surface area contributed by atoms with Gasteiger partial charge in [0, 0.05) is 32.9 Å². The molecule has 2 heteroatoms. The summed E-state index contributed by atoms with van der Waals surface area (Å²) in [6, 6.07) is 49.3. The second-order valence-corrected chi connectivity index (χ2v) is 10.5. The molecule has 0 amide bonds. The van der Waals surface area contributed by atoms with Crippen molar-refractivity contribution in [3.63, 3.8) is 0 Å². The maximum Gasteiger partial charge on any atom is 0.329 e. The molecule has 0 atom stereocenters. The summed E-state index contributed by atoms with van der Waals surface area (Å²) in [5, 5.41) is 2.70. The van der Waals surface area contributed by atoms with Crippen molar-refractivity contribution < 1.29 is 0 Å². The molecule has 0 N–H and O–H groups in total. The van der Waals surface area contributed by atoms with Crippen molar-refractivity contribution in [2.45, 2.75) is 0 Å². The van der Waals surface area contributed by atoms with Gasteiger partial charge >= 0.3 is 6.85 Å². The second kappa shape index (κ2) is 7.37. The molecule has 7 aromatic rings. The third-order valence-electron chi connectivity index (χ3n) is 8.59. The van der Waals surface area contributed by atoms with E-state index < -0.39 is 0 Å². The number of rotatable bonds is 2. The maximum absolute atomic E-state index is 2.63. The first-order valence-electron chi connectivity index (χ1n) is 13.3. The molecule has 0 saturated heterocycles. The van der Waals surface area contributed by atoms with Gasteiger partial charge in [-0.05, 0) is 50.4 Å². The maximum atomic E-state index is 2.63. The summed E-state index contributed by atoms with van der Waals surface area (Å²) >= 11 is 0. The first kappa shape index (κ1) is 20.3. The van der Waals surface area contributed by atoms with Crippen molar-refractivity contribution in [1.82, 2.24) is 4.48 Å². The van der Waals surface area contributed by atoms with Crippen LogP contribution in [0.15, 0.2) is 133 Å². The standard InChI is InChI=1S/C36H22BN/c1-2-9-23(10-3-1)24-11-6-12-25(21-24)26-19-20-28-30-15-8-17-32-31-16-7-14-29-27-13-4-5-18-33(27)37(34(28)22-26)38(35(29)31)36(30)32/h1-22H. The molecule has 1 aromatic heterocycles. The van der Waals surface area contributed by atoms with Crippen LogP contribution in [0.3, 0.4) is 0 Å². The Labute approximate surface area is 221 Å². The number of nitrogens with zero attached hydrogens (tertiary/aromatic N) is 1. The molecule has 0 radical (unpaired) electrons. The van der Waals surface area contributed by atoms with E-state index in [1.165, 1.54) is 77.2 Å². The fourth-order valence-electron chi connectivity index (χ4n) is 6.99. The molecule has 6 aromatic carbocycles. The zero-order valence-electron chi connectivity index (χ0n) is 20.7. The molecule has 0 saturated carbocycles. The normalized spacial score (nSPS) is 12.7. The van der Waals surface area contributed by atoms with Crippen LogP contribution >= 0.6 is 0 Å². The molecular weight excluding hydrogens is 457 g/mol. The largest absolute Gasteiger partial charge is 0.375 e. The van der Waals surface area contributed by atoms with E-state index in [4.69, 9.17) is 0 Å². The Morgan fingerprint density at radius 1 is 0.368 bits per heavy atom. The molecule has 0 aliphatic carbocycles. The minimum atomic E-state index is 0.156. The van der Waals surface area contributed by atoms with Gasteiger partial charge in [0.2, 0.25) is 0 Å². The number of hydrogen-bond acceptors (Lipinski definition) is 0. The molecule has 3 heterocycles. The van der Waals surface area contributed by atoms with Crippen molar-refractivity contribution in [3.8, 4) is 44.5 Å². The summed E-state index contributed by atoms with van der Waals surface area (Å²) in [4.78, 5) is 0. The number of fused-ring (bicyclic) bond motifs is 7. The highest BCUT2D eigenvalue weighted by molar-refractivity contribution is 6.88. The quantitative estimate of drug-likeness (QED) is 0.224. The highest BCUT2D eigenvalue weighted by atomic mass is 14.9. The monoisotopic (exact) mass is 479 g/mol. The predicted octanol–water partition coefficient (Wildman–Crippen LogP) is 7.74. The van der Waals surface area contributed by atoms with Crippen LogP contribution in [0.2, 0.25) is 0 Å². The predicted molar refractivity (Wildman–Crippen MR) is 162 cm³/mol. The Morgan fingerprint density at radius 2 is 0.921 bits per heavy atom. The zero-order chi connectivity index (χ0) is 24.8. The molecule has 0 bridgehead atoms. The average Bonchev–Trinajstić information content (AvgIpc) is 3.34. The summed E-state index contributed by atoms with van der Waals surface area (Å²) < 4.78 is 2.63. The van der Waals surface area contributed by atoms with Gasteiger partial charge in [-0.3, -0.25) is 0 Å². The van der Waals surface area contributed by atoms with Crippen molar-refractivity contribution >= 4 is 39.6 Å². The summed E-state index contributed by atoms with van der Waals surface area (Å²) in [5.41, 5.74) is 15.9. The van der Waals surface area contributed by atoms with Gasteiger partial charge in [0.05, 0.1) is 0 Å². The van der Waals surface area contributed by atoms with Crippen LogP contribution in [-0.2, 0) is 0 Å². The highest BCUT2D eigenvalue weighted by Crippen LogP contribution is 2.44. The fourth-order valence-corrected chi connectivity index (χ4v) is 6.99. The third-order valence-corrected chi connectivity index (χ3v) is 8.59. The Bertz CT molecular complexity index is 2080. The first-order valence-corrected chi connectivity index (χ1v) is 13.3. The highest BCUT2D eigenvalue weighted by Gasteiger charge is 2.38. The minimum Gasteiger partial charge on any atom is -0.375 e.